The number of para-hydroxylation sites is 1. The summed E-state index contributed by atoms with van der Waals surface area (Å²) in [5, 5.41) is 27.4. The standard InChI is InChI=1S/C18H21N5O2.C6H13NO/c1-25-17-14-4-2-3-5-15(14)23(22-17)16-10-11-19-18(21-16)20-12-6-8-13(24)9-7-12;7-5-1-3-6(8)4-2-5/h2-5,10-13,24H,6-9H2,1H3,(H,19,20,21);5-6,8H,1-4,7H2. The third kappa shape index (κ3) is 5.98. The number of hydrogen-bond acceptors (Lipinski definition) is 8. The van der Waals surface area contributed by atoms with E-state index >= 15 is 0 Å². The first-order chi connectivity index (χ1) is 16.0. The lowest BCUT2D eigenvalue weighted by atomic mass is 9.93. The average molecular weight is 455 g/mol. The minimum atomic E-state index is -0.173. The lowest BCUT2D eigenvalue weighted by Gasteiger charge is -2.26. The zero-order valence-electron chi connectivity index (χ0n) is 19.1. The molecule has 5 N–H and O–H groups in total. The van der Waals surface area contributed by atoms with Crippen LogP contribution in [0.2, 0.25) is 0 Å². The molecule has 0 spiro atoms. The number of fused-ring (bicyclic) bond motifs is 1. The summed E-state index contributed by atoms with van der Waals surface area (Å²) >= 11 is 0. The SMILES string of the molecule is COc1nn(-c2ccnc(NC3CCC(O)CC3)n2)c2ccccc12.NC1CCC(O)CC1. The van der Waals surface area contributed by atoms with E-state index in [2.05, 4.69) is 20.4 Å². The molecule has 2 aliphatic rings. The number of anilines is 1. The van der Waals surface area contributed by atoms with Crippen LogP contribution >= 0.6 is 0 Å². The van der Waals surface area contributed by atoms with Gasteiger partial charge in [0, 0.05) is 24.3 Å². The van der Waals surface area contributed by atoms with Gasteiger partial charge in [-0.05, 0) is 63.5 Å². The second kappa shape index (κ2) is 10.9. The van der Waals surface area contributed by atoms with Crippen molar-refractivity contribution in [3.8, 4) is 11.7 Å². The van der Waals surface area contributed by atoms with Crippen LogP contribution in [0.25, 0.3) is 16.7 Å². The van der Waals surface area contributed by atoms with Crippen molar-refractivity contribution in [3.05, 3.63) is 36.5 Å². The maximum Gasteiger partial charge on any atom is 0.241 e. The summed E-state index contributed by atoms with van der Waals surface area (Å²) < 4.78 is 7.15. The second-order valence-corrected chi connectivity index (χ2v) is 8.90. The van der Waals surface area contributed by atoms with Gasteiger partial charge in [-0.1, -0.05) is 12.1 Å². The minimum Gasteiger partial charge on any atom is -0.479 e. The molecule has 0 amide bonds. The van der Waals surface area contributed by atoms with Crippen molar-refractivity contribution in [2.45, 2.75) is 75.7 Å². The zero-order chi connectivity index (χ0) is 23.2. The van der Waals surface area contributed by atoms with Gasteiger partial charge in [0.15, 0.2) is 5.82 Å². The molecular formula is C24H34N6O3. The topological polar surface area (TPSA) is 131 Å². The Morgan fingerprint density at radius 3 is 2.30 bits per heavy atom. The first kappa shape index (κ1) is 23.4. The first-order valence-electron chi connectivity index (χ1n) is 11.8. The highest BCUT2D eigenvalue weighted by molar-refractivity contribution is 5.85. The van der Waals surface area contributed by atoms with Crippen molar-refractivity contribution in [1.82, 2.24) is 19.7 Å². The zero-order valence-corrected chi connectivity index (χ0v) is 19.1. The van der Waals surface area contributed by atoms with Gasteiger partial charge < -0.3 is 26.0 Å². The summed E-state index contributed by atoms with van der Waals surface area (Å²) in [5.74, 6) is 1.84. The summed E-state index contributed by atoms with van der Waals surface area (Å²) in [6, 6.07) is 10.4. The van der Waals surface area contributed by atoms with E-state index in [1.807, 2.05) is 30.3 Å². The molecule has 2 fully saturated rings. The number of aliphatic hydroxyl groups is 2. The first-order valence-corrected chi connectivity index (χ1v) is 11.8. The van der Waals surface area contributed by atoms with Gasteiger partial charge in [-0.15, -0.1) is 5.10 Å². The van der Waals surface area contributed by atoms with E-state index in [1.54, 1.807) is 18.0 Å². The van der Waals surface area contributed by atoms with Gasteiger partial charge >= 0.3 is 0 Å². The van der Waals surface area contributed by atoms with Crippen LogP contribution in [-0.4, -0.2) is 61.4 Å². The van der Waals surface area contributed by atoms with Gasteiger partial charge in [-0.2, -0.15) is 4.98 Å². The number of hydrogen-bond donors (Lipinski definition) is 4. The molecule has 9 heteroatoms. The Kier molecular flexibility index (Phi) is 7.74. The third-order valence-electron chi connectivity index (χ3n) is 6.38. The van der Waals surface area contributed by atoms with Crippen molar-refractivity contribution in [2.75, 3.05) is 12.4 Å². The molecule has 178 valence electrons. The van der Waals surface area contributed by atoms with Crippen LogP contribution in [0.1, 0.15) is 51.4 Å². The van der Waals surface area contributed by atoms with Crippen molar-refractivity contribution < 1.29 is 14.9 Å². The average Bonchev–Trinajstić information content (AvgIpc) is 3.22. The lowest BCUT2D eigenvalue weighted by molar-refractivity contribution is 0.123. The largest absolute Gasteiger partial charge is 0.479 e. The number of nitrogens with zero attached hydrogens (tertiary/aromatic N) is 4. The van der Waals surface area contributed by atoms with E-state index in [0.29, 0.717) is 29.7 Å². The van der Waals surface area contributed by atoms with Crippen molar-refractivity contribution in [3.63, 3.8) is 0 Å². The van der Waals surface area contributed by atoms with E-state index in [-0.39, 0.29) is 12.2 Å². The predicted octanol–water partition coefficient (Wildman–Crippen LogP) is 2.79. The monoisotopic (exact) mass is 454 g/mol. The highest BCUT2D eigenvalue weighted by atomic mass is 16.5. The molecule has 0 saturated heterocycles. The maximum absolute atomic E-state index is 9.63. The summed E-state index contributed by atoms with van der Waals surface area (Å²) in [5.41, 5.74) is 6.52. The summed E-state index contributed by atoms with van der Waals surface area (Å²) in [6.07, 6.45) is 8.79. The fourth-order valence-corrected chi connectivity index (χ4v) is 4.40. The molecule has 2 heterocycles. The molecule has 0 atom stereocenters. The summed E-state index contributed by atoms with van der Waals surface area (Å²) in [4.78, 5) is 8.94. The van der Waals surface area contributed by atoms with Gasteiger partial charge in [0.05, 0.1) is 30.2 Å². The minimum absolute atomic E-state index is 0.0604. The van der Waals surface area contributed by atoms with Gasteiger partial charge in [0.2, 0.25) is 11.8 Å². The Labute approximate surface area is 194 Å². The van der Waals surface area contributed by atoms with Gasteiger partial charge in [-0.25, -0.2) is 9.67 Å². The normalized spacial score (nSPS) is 25.2. The Balaban J connectivity index is 0.000000275. The number of aromatic nitrogens is 4. The van der Waals surface area contributed by atoms with Crippen LogP contribution in [0.5, 0.6) is 5.88 Å². The molecule has 2 saturated carbocycles. The predicted molar refractivity (Wildman–Crippen MR) is 128 cm³/mol. The van der Waals surface area contributed by atoms with Crippen LogP contribution in [0.4, 0.5) is 5.95 Å². The number of nitrogens with two attached hydrogens (primary N) is 1. The smallest absolute Gasteiger partial charge is 0.241 e. The number of methoxy groups -OCH3 is 1. The van der Waals surface area contributed by atoms with E-state index in [9.17, 15) is 5.11 Å². The molecule has 9 nitrogen and oxygen atoms in total. The van der Waals surface area contributed by atoms with E-state index in [4.69, 9.17) is 15.6 Å². The van der Waals surface area contributed by atoms with Gasteiger partial charge in [0.1, 0.15) is 0 Å². The van der Waals surface area contributed by atoms with Crippen molar-refractivity contribution >= 4 is 16.9 Å². The molecule has 0 unspecified atom stereocenters. The summed E-state index contributed by atoms with van der Waals surface area (Å²) in [6.45, 7) is 0. The number of nitrogens with one attached hydrogen (secondary N) is 1. The highest BCUT2D eigenvalue weighted by Crippen LogP contribution is 2.27. The Morgan fingerprint density at radius 1 is 0.970 bits per heavy atom. The van der Waals surface area contributed by atoms with Crippen LogP contribution in [-0.2, 0) is 0 Å². The lowest BCUT2D eigenvalue weighted by Crippen LogP contribution is -2.29. The van der Waals surface area contributed by atoms with E-state index < -0.39 is 0 Å². The van der Waals surface area contributed by atoms with Crippen LogP contribution in [0.15, 0.2) is 36.5 Å². The van der Waals surface area contributed by atoms with Crippen LogP contribution in [0.3, 0.4) is 0 Å². The fourth-order valence-electron chi connectivity index (χ4n) is 4.40. The molecule has 0 radical (unpaired) electrons. The summed E-state index contributed by atoms with van der Waals surface area (Å²) in [7, 11) is 1.61. The van der Waals surface area contributed by atoms with E-state index in [0.717, 1.165) is 62.3 Å². The van der Waals surface area contributed by atoms with Gasteiger partial charge in [-0.3, -0.25) is 0 Å². The third-order valence-corrected chi connectivity index (χ3v) is 6.38. The van der Waals surface area contributed by atoms with Crippen molar-refractivity contribution in [1.29, 1.82) is 0 Å². The maximum atomic E-state index is 9.63. The highest BCUT2D eigenvalue weighted by Gasteiger charge is 2.20. The number of benzene rings is 1. The number of aliphatic hydroxyl groups excluding tert-OH is 2. The molecular weight excluding hydrogens is 420 g/mol. The molecule has 0 bridgehead atoms. The Morgan fingerprint density at radius 2 is 1.64 bits per heavy atom. The molecule has 5 rings (SSSR count). The molecule has 0 aliphatic heterocycles. The van der Waals surface area contributed by atoms with Crippen LogP contribution in [0, 0.1) is 0 Å². The Bertz CT molecular complexity index is 1020. The fraction of sp³-hybridized carbons (Fsp3) is 0.542. The number of rotatable bonds is 4. The Hall–Kier alpha value is -2.75. The molecule has 2 aliphatic carbocycles. The second-order valence-electron chi connectivity index (χ2n) is 8.90. The van der Waals surface area contributed by atoms with Gasteiger partial charge in [0.25, 0.3) is 0 Å². The molecule has 1 aromatic carbocycles. The van der Waals surface area contributed by atoms with Crippen molar-refractivity contribution in [2.24, 2.45) is 5.73 Å². The van der Waals surface area contributed by atoms with E-state index in [1.165, 1.54) is 0 Å². The number of ether oxygens (including phenoxy) is 1. The van der Waals surface area contributed by atoms with Crippen LogP contribution < -0.4 is 15.8 Å². The molecule has 3 aromatic rings. The quantitative estimate of drug-likeness (QED) is 0.473. The molecule has 33 heavy (non-hydrogen) atoms. The molecule has 2 aromatic heterocycles.